The largest absolute Gasteiger partial charge is 0.490 e. The van der Waals surface area contributed by atoms with Crippen LogP contribution in [-0.2, 0) is 6.54 Å². The highest BCUT2D eigenvalue weighted by Crippen LogP contribution is 2.28. The number of anilines is 1. The summed E-state index contributed by atoms with van der Waals surface area (Å²) in [4.78, 5) is 10.5. The lowest BCUT2D eigenvalue weighted by molar-refractivity contribution is -0.385. The van der Waals surface area contributed by atoms with Gasteiger partial charge in [0.2, 0.25) is 0 Å². The number of benzene rings is 2. The molecule has 2 aromatic rings. The van der Waals surface area contributed by atoms with Gasteiger partial charge >= 0.3 is 5.69 Å². The average molecular weight is 290 g/mol. The maximum absolute atomic E-state index is 13.0. The van der Waals surface area contributed by atoms with Crippen LogP contribution >= 0.6 is 0 Å². The van der Waals surface area contributed by atoms with Crippen molar-refractivity contribution in [3.8, 4) is 5.75 Å². The van der Waals surface area contributed by atoms with Gasteiger partial charge in [-0.25, -0.2) is 4.39 Å². The summed E-state index contributed by atoms with van der Waals surface area (Å²) in [5.74, 6) is -0.0696. The van der Waals surface area contributed by atoms with Crippen LogP contribution in [0.5, 0.6) is 5.75 Å². The maximum atomic E-state index is 13.0. The van der Waals surface area contributed by atoms with Crippen molar-refractivity contribution in [1.29, 1.82) is 0 Å². The molecule has 2 rings (SSSR count). The zero-order valence-electron chi connectivity index (χ0n) is 11.7. The van der Waals surface area contributed by atoms with Crippen molar-refractivity contribution in [1.82, 2.24) is 0 Å². The number of nitrogens with one attached hydrogen (secondary N) is 1. The van der Waals surface area contributed by atoms with E-state index in [1.807, 2.05) is 0 Å². The van der Waals surface area contributed by atoms with Crippen LogP contribution in [0.2, 0.25) is 0 Å². The van der Waals surface area contributed by atoms with Crippen molar-refractivity contribution < 1.29 is 14.1 Å². The minimum absolute atomic E-state index is 0.0763. The first-order valence-corrected chi connectivity index (χ1v) is 6.32. The van der Waals surface area contributed by atoms with Gasteiger partial charge in [-0.05, 0) is 42.3 Å². The molecule has 0 aliphatic heterocycles. The summed E-state index contributed by atoms with van der Waals surface area (Å²) in [5.41, 5.74) is 2.23. The Balaban J connectivity index is 2.16. The highest BCUT2D eigenvalue weighted by atomic mass is 19.1. The molecule has 5 nitrogen and oxygen atoms in total. The van der Waals surface area contributed by atoms with E-state index in [4.69, 9.17) is 4.74 Å². The van der Waals surface area contributed by atoms with Crippen LogP contribution in [0.25, 0.3) is 0 Å². The van der Waals surface area contributed by atoms with E-state index in [9.17, 15) is 14.5 Å². The van der Waals surface area contributed by atoms with Gasteiger partial charge in [-0.1, -0.05) is 6.07 Å². The van der Waals surface area contributed by atoms with E-state index in [-0.39, 0.29) is 17.3 Å². The van der Waals surface area contributed by atoms with Gasteiger partial charge in [0.15, 0.2) is 5.75 Å². The topological polar surface area (TPSA) is 64.4 Å². The lowest BCUT2D eigenvalue weighted by Crippen LogP contribution is -2.02. The molecule has 0 aromatic heterocycles. The first-order chi connectivity index (χ1) is 10.0. The number of ether oxygens (including phenoxy) is 1. The minimum Gasteiger partial charge on any atom is -0.490 e. The van der Waals surface area contributed by atoms with Crippen molar-refractivity contribution in [2.45, 2.75) is 13.5 Å². The van der Waals surface area contributed by atoms with Crippen molar-refractivity contribution >= 4 is 11.4 Å². The highest BCUT2D eigenvalue weighted by molar-refractivity contribution is 5.53. The van der Waals surface area contributed by atoms with E-state index in [0.717, 1.165) is 16.8 Å². The summed E-state index contributed by atoms with van der Waals surface area (Å²) in [7, 11) is 1.39. The van der Waals surface area contributed by atoms with Crippen molar-refractivity contribution in [3.05, 3.63) is 63.5 Å². The molecule has 0 aliphatic rings. The Morgan fingerprint density at radius 3 is 2.67 bits per heavy atom. The molecule has 0 unspecified atom stereocenters. The summed E-state index contributed by atoms with van der Waals surface area (Å²) in [6.07, 6.45) is 0. The first kappa shape index (κ1) is 14.8. The molecule has 1 N–H and O–H groups in total. The van der Waals surface area contributed by atoms with E-state index in [1.54, 1.807) is 25.1 Å². The van der Waals surface area contributed by atoms with E-state index < -0.39 is 4.92 Å². The van der Waals surface area contributed by atoms with Crippen molar-refractivity contribution in [2.75, 3.05) is 12.4 Å². The molecule has 0 radical (unpaired) electrons. The number of aryl methyl sites for hydroxylation is 1. The SMILES string of the molecule is COc1ccc(CNc2ccc(F)cc2C)cc1[N+](=O)[O-]. The number of nitrogens with zero attached hydrogens (tertiary/aromatic N) is 1. The molecule has 0 fully saturated rings. The number of rotatable bonds is 5. The number of hydrogen-bond donors (Lipinski definition) is 1. The van der Waals surface area contributed by atoms with Gasteiger partial charge in [0.1, 0.15) is 5.82 Å². The monoisotopic (exact) mass is 290 g/mol. The Morgan fingerprint density at radius 2 is 2.05 bits per heavy atom. The molecule has 0 spiro atoms. The molecule has 0 heterocycles. The summed E-state index contributed by atoms with van der Waals surface area (Å²) in [6, 6.07) is 9.21. The van der Waals surface area contributed by atoms with E-state index in [2.05, 4.69) is 5.32 Å². The minimum atomic E-state index is -0.481. The van der Waals surface area contributed by atoms with Gasteiger partial charge in [0, 0.05) is 18.3 Å². The van der Waals surface area contributed by atoms with Gasteiger partial charge in [-0.3, -0.25) is 10.1 Å². The Labute approximate surface area is 121 Å². The van der Waals surface area contributed by atoms with Crippen molar-refractivity contribution in [3.63, 3.8) is 0 Å². The fourth-order valence-electron chi connectivity index (χ4n) is 2.01. The summed E-state index contributed by atoms with van der Waals surface area (Å²) in [6.45, 7) is 2.19. The van der Waals surface area contributed by atoms with Crippen LogP contribution in [0.15, 0.2) is 36.4 Å². The number of halogens is 1. The van der Waals surface area contributed by atoms with Crippen LogP contribution < -0.4 is 10.1 Å². The predicted octanol–water partition coefficient (Wildman–Crippen LogP) is 3.66. The zero-order valence-corrected chi connectivity index (χ0v) is 11.7. The second-order valence-corrected chi connectivity index (χ2v) is 4.58. The summed E-state index contributed by atoms with van der Waals surface area (Å²) in [5, 5.41) is 14.1. The predicted molar refractivity (Wildman–Crippen MR) is 78.1 cm³/mol. The van der Waals surface area contributed by atoms with Crippen LogP contribution in [0.1, 0.15) is 11.1 Å². The standard InChI is InChI=1S/C15H15FN2O3/c1-10-7-12(16)4-5-13(10)17-9-11-3-6-15(21-2)14(8-11)18(19)20/h3-8,17H,9H2,1-2H3. The molecule has 0 aliphatic carbocycles. The van der Waals surface area contributed by atoms with E-state index in [1.165, 1.54) is 25.3 Å². The summed E-state index contributed by atoms with van der Waals surface area (Å²) < 4.78 is 18.0. The Hall–Kier alpha value is -2.63. The quantitative estimate of drug-likeness (QED) is 0.674. The lowest BCUT2D eigenvalue weighted by atomic mass is 10.1. The van der Waals surface area contributed by atoms with Crippen LogP contribution in [0, 0.1) is 22.9 Å². The Kier molecular flexibility index (Phi) is 4.37. The normalized spacial score (nSPS) is 10.2. The Bertz CT molecular complexity index is 674. The number of hydrogen-bond acceptors (Lipinski definition) is 4. The molecular weight excluding hydrogens is 275 g/mol. The third-order valence-electron chi connectivity index (χ3n) is 3.11. The molecule has 0 amide bonds. The fourth-order valence-corrected chi connectivity index (χ4v) is 2.01. The Morgan fingerprint density at radius 1 is 1.29 bits per heavy atom. The molecule has 0 saturated carbocycles. The van der Waals surface area contributed by atoms with Gasteiger partial charge in [0.25, 0.3) is 0 Å². The highest BCUT2D eigenvalue weighted by Gasteiger charge is 2.15. The van der Waals surface area contributed by atoms with Gasteiger partial charge in [0.05, 0.1) is 12.0 Å². The second kappa shape index (κ2) is 6.21. The molecule has 0 atom stereocenters. The van der Waals surface area contributed by atoms with Crippen molar-refractivity contribution in [2.24, 2.45) is 0 Å². The molecule has 110 valence electrons. The zero-order chi connectivity index (χ0) is 15.4. The second-order valence-electron chi connectivity index (χ2n) is 4.58. The first-order valence-electron chi connectivity index (χ1n) is 6.32. The van der Waals surface area contributed by atoms with E-state index in [0.29, 0.717) is 6.54 Å². The summed E-state index contributed by atoms with van der Waals surface area (Å²) >= 11 is 0. The maximum Gasteiger partial charge on any atom is 0.311 e. The molecule has 6 heteroatoms. The number of methoxy groups -OCH3 is 1. The molecule has 21 heavy (non-hydrogen) atoms. The molecule has 0 saturated heterocycles. The fraction of sp³-hybridized carbons (Fsp3) is 0.200. The van der Waals surface area contributed by atoms with Gasteiger partial charge in [-0.15, -0.1) is 0 Å². The number of nitro benzene ring substituents is 1. The van der Waals surface area contributed by atoms with E-state index >= 15 is 0 Å². The van der Waals surface area contributed by atoms with Crippen LogP contribution in [-0.4, -0.2) is 12.0 Å². The van der Waals surface area contributed by atoms with Crippen LogP contribution in [0.4, 0.5) is 15.8 Å². The lowest BCUT2D eigenvalue weighted by Gasteiger charge is -2.10. The molecule has 0 bridgehead atoms. The third kappa shape index (κ3) is 3.47. The number of nitro groups is 1. The van der Waals surface area contributed by atoms with Gasteiger partial charge in [-0.2, -0.15) is 0 Å². The smallest absolute Gasteiger partial charge is 0.311 e. The van der Waals surface area contributed by atoms with Crippen LogP contribution in [0.3, 0.4) is 0 Å². The molecular formula is C15H15FN2O3. The average Bonchev–Trinajstić information content (AvgIpc) is 2.46. The molecule has 2 aromatic carbocycles. The third-order valence-corrected chi connectivity index (χ3v) is 3.11. The van der Waals surface area contributed by atoms with Gasteiger partial charge < -0.3 is 10.1 Å².